The van der Waals surface area contributed by atoms with Crippen molar-refractivity contribution in [2.75, 3.05) is 13.2 Å². The second-order valence-electron chi connectivity index (χ2n) is 8.49. The van der Waals surface area contributed by atoms with Gasteiger partial charge in [0.1, 0.15) is 0 Å². The molecule has 0 fully saturated rings. The average Bonchev–Trinajstić information content (AvgIpc) is 2.90. The van der Waals surface area contributed by atoms with Crippen LogP contribution in [0.2, 0.25) is 0 Å². The third-order valence-corrected chi connectivity index (χ3v) is 5.80. The summed E-state index contributed by atoms with van der Waals surface area (Å²) in [4.78, 5) is 0. The van der Waals surface area contributed by atoms with Crippen molar-refractivity contribution < 1.29 is 9.47 Å². The normalized spacial score (nSPS) is 11.8. The zero-order chi connectivity index (χ0) is 23.3. The maximum absolute atomic E-state index is 6.22. The molecule has 0 saturated heterocycles. The Morgan fingerprint density at radius 2 is 0.676 bits per heavy atom. The number of ether oxygens (including phenoxy) is 2. The summed E-state index contributed by atoms with van der Waals surface area (Å²) in [5, 5.41) is 0. The molecule has 0 radical (unpaired) electrons. The first kappa shape index (κ1) is 23.7. The van der Waals surface area contributed by atoms with E-state index in [2.05, 4.69) is 109 Å². The first-order valence-electron chi connectivity index (χ1n) is 11.9. The van der Waals surface area contributed by atoms with Crippen molar-refractivity contribution in [2.24, 2.45) is 0 Å². The molecule has 4 rings (SSSR count). The average molecular weight is 449 g/mol. The van der Waals surface area contributed by atoms with Gasteiger partial charge in [-0.05, 0) is 46.2 Å². The van der Waals surface area contributed by atoms with Gasteiger partial charge in [-0.25, -0.2) is 0 Å². The smallest absolute Gasteiger partial charge is 0.0721 e. The fourth-order valence-electron chi connectivity index (χ4n) is 3.97. The summed E-state index contributed by atoms with van der Waals surface area (Å²) in [6.07, 6.45) is 1.71. The van der Waals surface area contributed by atoms with Gasteiger partial charge in [0.25, 0.3) is 0 Å². The third kappa shape index (κ3) is 7.84. The van der Waals surface area contributed by atoms with Crippen LogP contribution in [0.25, 0.3) is 0 Å². The summed E-state index contributed by atoms with van der Waals surface area (Å²) in [5.74, 6) is 0. The largest absolute Gasteiger partial charge is 0.372 e. The minimum absolute atomic E-state index is 0.584. The highest BCUT2D eigenvalue weighted by molar-refractivity contribution is 5.30. The molecule has 0 N–H and O–H groups in total. The van der Waals surface area contributed by atoms with Crippen LogP contribution in [-0.4, -0.2) is 13.2 Å². The Morgan fingerprint density at radius 1 is 0.382 bits per heavy atom. The van der Waals surface area contributed by atoms with Crippen molar-refractivity contribution in [1.29, 1.82) is 0 Å². The van der Waals surface area contributed by atoms with Gasteiger partial charge in [0, 0.05) is 0 Å². The van der Waals surface area contributed by atoms with E-state index in [1.54, 1.807) is 0 Å². The molecular formula is C32H32O2. The first-order chi connectivity index (χ1) is 16.9. The van der Waals surface area contributed by atoms with Crippen molar-refractivity contribution in [3.05, 3.63) is 155 Å². The van der Waals surface area contributed by atoms with Gasteiger partial charge in [0.15, 0.2) is 0 Å². The predicted molar refractivity (Wildman–Crippen MR) is 140 cm³/mol. The third-order valence-electron chi connectivity index (χ3n) is 5.80. The molecule has 34 heavy (non-hydrogen) atoms. The molecule has 172 valence electrons. The second-order valence-corrected chi connectivity index (χ2v) is 8.49. The molecule has 2 nitrogen and oxygen atoms in total. The van der Waals surface area contributed by atoms with Crippen LogP contribution in [0.3, 0.4) is 0 Å². The SMILES string of the molecule is c1ccc(COC/C(Cc2ccccc2)=C(\COCc2ccccc2)Cc2ccccc2)cc1. The van der Waals surface area contributed by atoms with Crippen molar-refractivity contribution in [3.8, 4) is 0 Å². The first-order valence-corrected chi connectivity index (χ1v) is 11.9. The maximum atomic E-state index is 6.22. The van der Waals surface area contributed by atoms with Crippen molar-refractivity contribution in [3.63, 3.8) is 0 Å². The monoisotopic (exact) mass is 448 g/mol. The molecule has 0 aromatic heterocycles. The van der Waals surface area contributed by atoms with Gasteiger partial charge in [-0.1, -0.05) is 121 Å². The predicted octanol–water partition coefficient (Wildman–Crippen LogP) is 7.20. The summed E-state index contributed by atoms with van der Waals surface area (Å²) in [5.41, 5.74) is 7.53. The van der Waals surface area contributed by atoms with Gasteiger partial charge in [0.05, 0.1) is 26.4 Å². The van der Waals surface area contributed by atoms with Crippen LogP contribution in [0.15, 0.2) is 132 Å². The molecule has 0 aliphatic rings. The van der Waals surface area contributed by atoms with Crippen LogP contribution in [-0.2, 0) is 35.5 Å². The lowest BCUT2D eigenvalue weighted by Gasteiger charge is -2.18. The van der Waals surface area contributed by atoms with Crippen LogP contribution in [0.1, 0.15) is 22.3 Å². The van der Waals surface area contributed by atoms with E-state index in [0.717, 1.165) is 12.8 Å². The van der Waals surface area contributed by atoms with E-state index < -0.39 is 0 Å². The Bertz CT molecular complexity index is 1030. The Hall–Kier alpha value is -3.46. The molecule has 0 unspecified atom stereocenters. The Labute approximate surface area is 203 Å². The van der Waals surface area contributed by atoms with Crippen molar-refractivity contribution in [2.45, 2.75) is 26.1 Å². The van der Waals surface area contributed by atoms with Crippen LogP contribution >= 0.6 is 0 Å². The molecule has 0 spiro atoms. The highest BCUT2D eigenvalue weighted by Crippen LogP contribution is 2.19. The van der Waals surface area contributed by atoms with Gasteiger partial charge in [-0.15, -0.1) is 0 Å². The standard InChI is InChI=1S/C32H32O2/c1-5-13-27(14-6-1)21-31(25-33-23-29-17-9-3-10-18-29)32(22-28-15-7-2-8-16-28)26-34-24-30-19-11-4-12-20-30/h1-20H,21-26H2/b32-31-. The van der Waals surface area contributed by atoms with Crippen molar-refractivity contribution in [1.82, 2.24) is 0 Å². The lowest BCUT2D eigenvalue weighted by molar-refractivity contribution is 0.129. The number of hydrogen-bond donors (Lipinski definition) is 0. The minimum Gasteiger partial charge on any atom is -0.372 e. The topological polar surface area (TPSA) is 18.5 Å². The second kappa shape index (κ2) is 13.3. The molecule has 4 aromatic carbocycles. The number of benzene rings is 4. The summed E-state index contributed by atoms with van der Waals surface area (Å²) in [6, 6.07) is 41.9. The van der Waals surface area contributed by atoms with Crippen LogP contribution in [0, 0.1) is 0 Å². The summed E-state index contributed by atoms with van der Waals surface area (Å²) in [6.45, 7) is 2.37. The van der Waals surface area contributed by atoms with E-state index in [1.807, 2.05) is 12.1 Å². The van der Waals surface area contributed by atoms with Gasteiger partial charge >= 0.3 is 0 Å². The van der Waals surface area contributed by atoms with E-state index in [9.17, 15) is 0 Å². The summed E-state index contributed by atoms with van der Waals surface area (Å²) in [7, 11) is 0. The molecule has 2 heteroatoms. The van der Waals surface area contributed by atoms with E-state index in [0.29, 0.717) is 26.4 Å². The molecular weight excluding hydrogens is 416 g/mol. The Kier molecular flexibility index (Phi) is 9.26. The zero-order valence-corrected chi connectivity index (χ0v) is 19.6. The Morgan fingerprint density at radius 3 is 1.00 bits per heavy atom. The zero-order valence-electron chi connectivity index (χ0n) is 19.6. The van der Waals surface area contributed by atoms with Gasteiger partial charge in [-0.3, -0.25) is 0 Å². The van der Waals surface area contributed by atoms with Crippen LogP contribution < -0.4 is 0 Å². The van der Waals surface area contributed by atoms with Crippen LogP contribution in [0.4, 0.5) is 0 Å². The van der Waals surface area contributed by atoms with E-state index >= 15 is 0 Å². The fourth-order valence-corrected chi connectivity index (χ4v) is 3.97. The summed E-state index contributed by atoms with van der Waals surface area (Å²) >= 11 is 0. The highest BCUT2D eigenvalue weighted by Gasteiger charge is 2.11. The molecule has 0 atom stereocenters. The quantitative estimate of drug-likeness (QED) is 0.213. The molecule has 0 aliphatic carbocycles. The number of hydrogen-bond acceptors (Lipinski definition) is 2. The van der Waals surface area contributed by atoms with E-state index in [4.69, 9.17) is 9.47 Å². The lowest BCUT2D eigenvalue weighted by atomic mass is 9.96. The molecule has 0 amide bonds. The molecule has 0 heterocycles. The molecule has 0 bridgehead atoms. The molecule has 4 aromatic rings. The minimum atomic E-state index is 0.584. The van der Waals surface area contributed by atoms with Crippen LogP contribution in [0.5, 0.6) is 0 Å². The Balaban J connectivity index is 1.55. The van der Waals surface area contributed by atoms with Gasteiger partial charge < -0.3 is 9.47 Å². The maximum Gasteiger partial charge on any atom is 0.0721 e. The summed E-state index contributed by atoms with van der Waals surface area (Å²) < 4.78 is 12.4. The highest BCUT2D eigenvalue weighted by atomic mass is 16.5. The van der Waals surface area contributed by atoms with Gasteiger partial charge in [-0.2, -0.15) is 0 Å². The van der Waals surface area contributed by atoms with Crippen molar-refractivity contribution >= 4 is 0 Å². The van der Waals surface area contributed by atoms with E-state index in [-0.39, 0.29) is 0 Å². The molecule has 0 aliphatic heterocycles. The van der Waals surface area contributed by atoms with E-state index in [1.165, 1.54) is 33.4 Å². The number of rotatable bonds is 12. The van der Waals surface area contributed by atoms with Gasteiger partial charge in [0.2, 0.25) is 0 Å². The molecule has 0 saturated carbocycles. The lowest BCUT2D eigenvalue weighted by Crippen LogP contribution is -2.11. The fraction of sp³-hybridized carbons (Fsp3) is 0.188.